The second-order valence-electron chi connectivity index (χ2n) is 5.75. The van der Waals surface area contributed by atoms with Crippen LogP contribution >= 0.6 is 0 Å². The molecule has 0 radical (unpaired) electrons. The van der Waals surface area contributed by atoms with Crippen molar-refractivity contribution >= 4 is 12.7 Å². The van der Waals surface area contributed by atoms with Gasteiger partial charge in [0.05, 0.1) is 22.6 Å². The second-order valence-corrected chi connectivity index (χ2v) is 5.75. The molecule has 1 saturated heterocycles. The van der Waals surface area contributed by atoms with Crippen LogP contribution in [0, 0.1) is 0 Å². The molecule has 0 aromatic heterocycles. The first-order chi connectivity index (χ1) is 8.39. The van der Waals surface area contributed by atoms with Gasteiger partial charge in [0.25, 0.3) is 0 Å². The predicted octanol–water partition coefficient (Wildman–Crippen LogP) is 1.81. The molecule has 0 saturated carbocycles. The maximum absolute atomic E-state index is 6.00. The van der Waals surface area contributed by atoms with Gasteiger partial charge in [-0.2, -0.15) is 0 Å². The Kier molecular flexibility index (Phi) is 2.34. The van der Waals surface area contributed by atoms with E-state index in [4.69, 9.17) is 9.31 Å². The van der Waals surface area contributed by atoms with E-state index in [1.807, 2.05) is 18.2 Å². The van der Waals surface area contributed by atoms with Gasteiger partial charge in [-0.05, 0) is 45.9 Å². The molecule has 0 aliphatic carbocycles. The van der Waals surface area contributed by atoms with Gasteiger partial charge >= 0.3 is 7.12 Å². The lowest BCUT2D eigenvalue weighted by molar-refractivity contribution is 0.00578. The van der Waals surface area contributed by atoms with Crippen LogP contribution in [0.4, 0.5) is 0 Å². The molecular formula is C13H17BN2O2. The Morgan fingerprint density at radius 2 is 1.72 bits per heavy atom. The number of fused-ring (bicyclic) bond motifs is 1. The minimum Gasteiger partial charge on any atom is -0.398 e. The normalized spacial score (nSPS) is 21.7. The van der Waals surface area contributed by atoms with Crippen molar-refractivity contribution in [2.24, 2.45) is 0 Å². The first kappa shape index (κ1) is 11.7. The summed E-state index contributed by atoms with van der Waals surface area (Å²) in [5, 5.41) is 0. The topological polar surface area (TPSA) is 47.1 Å². The molecule has 94 valence electrons. The lowest BCUT2D eigenvalue weighted by Crippen LogP contribution is -2.41. The minimum atomic E-state index is -0.353. The van der Waals surface area contributed by atoms with E-state index in [1.54, 1.807) is 6.20 Å². The van der Waals surface area contributed by atoms with E-state index in [0.717, 1.165) is 17.0 Å². The average Bonchev–Trinajstić information content (AvgIpc) is 2.80. The summed E-state index contributed by atoms with van der Waals surface area (Å²) < 4.78 is 12.0. The molecule has 1 N–H and O–H groups in total. The third-order valence-electron chi connectivity index (χ3n) is 3.94. The zero-order valence-corrected chi connectivity index (χ0v) is 11.2. The second kappa shape index (κ2) is 3.59. The van der Waals surface area contributed by atoms with Crippen LogP contribution in [0.5, 0.6) is 0 Å². The summed E-state index contributed by atoms with van der Waals surface area (Å²) in [7, 11) is -0.353. The fraction of sp³-hybridized carbons (Fsp3) is 0.462. The average molecular weight is 244 g/mol. The molecule has 3 rings (SSSR count). The Balaban J connectivity index is 1.95. The van der Waals surface area contributed by atoms with Gasteiger partial charge in [-0.3, -0.25) is 4.98 Å². The number of aromatic nitrogens is 2. The number of hydrogen-bond acceptors (Lipinski definition) is 3. The molecule has 0 atom stereocenters. The van der Waals surface area contributed by atoms with E-state index >= 15 is 0 Å². The van der Waals surface area contributed by atoms with Crippen molar-refractivity contribution in [3.05, 3.63) is 24.4 Å². The van der Waals surface area contributed by atoms with Gasteiger partial charge in [-0.1, -0.05) is 0 Å². The highest BCUT2D eigenvalue weighted by Gasteiger charge is 2.52. The monoisotopic (exact) mass is 244 g/mol. The van der Waals surface area contributed by atoms with Crippen LogP contribution in [-0.4, -0.2) is 28.3 Å². The van der Waals surface area contributed by atoms with Crippen LogP contribution < -0.4 is 5.59 Å². The molecule has 0 amide bonds. The fourth-order valence-corrected chi connectivity index (χ4v) is 2.06. The molecule has 0 aromatic rings. The zero-order valence-electron chi connectivity index (χ0n) is 11.2. The standard InChI is InChI=1S/C13H17BN2O2/c1-12(2)13(3,4)18-14(17-12)11-6-5-9-10(16-11)7-8-15-9/h5-8,16H,1-4H3. The van der Waals surface area contributed by atoms with Gasteiger partial charge in [0.15, 0.2) is 0 Å². The van der Waals surface area contributed by atoms with Crippen molar-refractivity contribution in [1.29, 1.82) is 0 Å². The molecular weight excluding hydrogens is 227 g/mol. The summed E-state index contributed by atoms with van der Waals surface area (Å²) in [4.78, 5) is 7.54. The molecule has 3 aliphatic heterocycles. The van der Waals surface area contributed by atoms with Crippen LogP contribution in [-0.2, 0) is 9.31 Å². The quantitative estimate of drug-likeness (QED) is 0.778. The molecule has 1 fully saturated rings. The number of H-pyrrole nitrogens is 1. The van der Waals surface area contributed by atoms with Crippen molar-refractivity contribution in [3.63, 3.8) is 0 Å². The van der Waals surface area contributed by atoms with E-state index in [2.05, 4.69) is 37.7 Å². The maximum Gasteiger partial charge on any atom is 0.512 e. The first-order valence-corrected chi connectivity index (χ1v) is 6.18. The van der Waals surface area contributed by atoms with E-state index in [1.165, 1.54) is 0 Å². The van der Waals surface area contributed by atoms with Gasteiger partial charge in [-0.25, -0.2) is 0 Å². The molecule has 18 heavy (non-hydrogen) atoms. The van der Waals surface area contributed by atoms with Crippen molar-refractivity contribution in [2.45, 2.75) is 38.9 Å². The number of rotatable bonds is 1. The highest BCUT2D eigenvalue weighted by Crippen LogP contribution is 2.36. The Morgan fingerprint density at radius 3 is 2.39 bits per heavy atom. The molecule has 0 bridgehead atoms. The van der Waals surface area contributed by atoms with Crippen LogP contribution in [0.1, 0.15) is 27.7 Å². The Hall–Kier alpha value is -1.33. The smallest absolute Gasteiger partial charge is 0.398 e. The maximum atomic E-state index is 6.00. The van der Waals surface area contributed by atoms with Crippen molar-refractivity contribution < 1.29 is 9.31 Å². The minimum absolute atomic E-state index is 0.315. The van der Waals surface area contributed by atoms with Crippen molar-refractivity contribution in [2.75, 3.05) is 0 Å². The summed E-state index contributed by atoms with van der Waals surface area (Å²) in [6, 6.07) is 5.90. The van der Waals surface area contributed by atoms with E-state index in [9.17, 15) is 0 Å². The van der Waals surface area contributed by atoms with Crippen molar-refractivity contribution in [3.8, 4) is 11.4 Å². The largest absolute Gasteiger partial charge is 0.512 e. The van der Waals surface area contributed by atoms with Crippen molar-refractivity contribution in [1.82, 2.24) is 9.97 Å². The molecule has 3 aliphatic rings. The number of aromatic amines is 1. The van der Waals surface area contributed by atoms with E-state index < -0.39 is 0 Å². The van der Waals surface area contributed by atoms with Crippen LogP contribution in [0.25, 0.3) is 11.4 Å². The number of nitrogens with zero attached hydrogens (tertiary/aromatic N) is 1. The molecule has 5 heteroatoms. The van der Waals surface area contributed by atoms with Crippen LogP contribution in [0.15, 0.2) is 24.4 Å². The Bertz CT molecular complexity index is 534. The predicted molar refractivity (Wildman–Crippen MR) is 70.9 cm³/mol. The molecule has 4 nitrogen and oxygen atoms in total. The molecule has 0 aromatic carbocycles. The molecule has 0 spiro atoms. The Morgan fingerprint density at radius 1 is 1.06 bits per heavy atom. The lowest BCUT2D eigenvalue weighted by atomic mass is 9.84. The van der Waals surface area contributed by atoms with Crippen LogP contribution in [0.2, 0.25) is 0 Å². The van der Waals surface area contributed by atoms with Gasteiger partial charge in [0, 0.05) is 11.8 Å². The fourth-order valence-electron chi connectivity index (χ4n) is 2.06. The summed E-state index contributed by atoms with van der Waals surface area (Å²) in [6.07, 6.45) is 1.79. The summed E-state index contributed by atoms with van der Waals surface area (Å²) >= 11 is 0. The summed E-state index contributed by atoms with van der Waals surface area (Å²) in [5.41, 5.74) is 2.25. The Labute approximate surface area is 107 Å². The van der Waals surface area contributed by atoms with Gasteiger partial charge < -0.3 is 14.3 Å². The third-order valence-corrected chi connectivity index (χ3v) is 3.94. The third kappa shape index (κ3) is 1.66. The van der Waals surface area contributed by atoms with E-state index in [0.29, 0.717) is 0 Å². The van der Waals surface area contributed by atoms with Gasteiger partial charge in [-0.15, -0.1) is 0 Å². The number of pyridine rings is 1. The number of nitrogens with one attached hydrogen (secondary N) is 1. The van der Waals surface area contributed by atoms with Crippen LogP contribution in [0.3, 0.4) is 0 Å². The first-order valence-electron chi connectivity index (χ1n) is 6.18. The molecule has 3 heterocycles. The van der Waals surface area contributed by atoms with Gasteiger partial charge in [0.1, 0.15) is 0 Å². The highest BCUT2D eigenvalue weighted by atomic mass is 16.7. The molecule has 0 unspecified atom stereocenters. The summed E-state index contributed by atoms with van der Waals surface area (Å²) in [5.74, 6) is 0. The van der Waals surface area contributed by atoms with E-state index in [-0.39, 0.29) is 18.3 Å². The highest BCUT2D eigenvalue weighted by molar-refractivity contribution is 6.61. The number of hydrogen-bond donors (Lipinski definition) is 1. The SMILES string of the molecule is CC1(C)OB(c2ccc3nccc-3[nH]2)OC1(C)C. The lowest BCUT2D eigenvalue weighted by Gasteiger charge is -2.32. The summed E-state index contributed by atoms with van der Waals surface area (Å²) in [6.45, 7) is 8.20. The van der Waals surface area contributed by atoms with Gasteiger partial charge in [0.2, 0.25) is 0 Å². The zero-order chi connectivity index (χ0) is 13.0.